The summed E-state index contributed by atoms with van der Waals surface area (Å²) < 4.78 is 13.3. The smallest absolute Gasteiger partial charge is 0.324 e. The molecule has 6 rings (SSSR count). The second-order valence-electron chi connectivity index (χ2n) is 8.15. The van der Waals surface area contributed by atoms with Gasteiger partial charge in [0, 0.05) is 30.3 Å². The molecule has 1 aliphatic heterocycles. The highest BCUT2D eigenvalue weighted by Gasteiger charge is 2.31. The van der Waals surface area contributed by atoms with Crippen molar-refractivity contribution in [1.82, 2.24) is 35.3 Å². The van der Waals surface area contributed by atoms with Crippen molar-refractivity contribution >= 4 is 17.4 Å². The summed E-state index contributed by atoms with van der Waals surface area (Å²) in [4.78, 5) is 11.7. The van der Waals surface area contributed by atoms with Crippen molar-refractivity contribution in [1.29, 1.82) is 0 Å². The zero-order valence-electron chi connectivity index (χ0n) is 17.3. The van der Waals surface area contributed by atoms with Gasteiger partial charge < -0.3 is 14.2 Å². The van der Waals surface area contributed by atoms with Crippen molar-refractivity contribution in [2.75, 3.05) is 18.0 Å². The minimum Gasteiger partial charge on any atom is -0.463 e. The van der Waals surface area contributed by atoms with Crippen LogP contribution in [-0.2, 0) is 0 Å². The van der Waals surface area contributed by atoms with Crippen LogP contribution in [0.15, 0.2) is 46.6 Å². The Bertz CT molecular complexity index is 1150. The van der Waals surface area contributed by atoms with E-state index >= 15 is 0 Å². The molecule has 1 unspecified atom stereocenters. The number of hydrogen-bond donors (Lipinski definition) is 0. The largest absolute Gasteiger partial charge is 0.463 e. The first-order valence-corrected chi connectivity index (χ1v) is 11.7. The summed E-state index contributed by atoms with van der Waals surface area (Å²) in [6.07, 6.45) is 5.36. The van der Waals surface area contributed by atoms with E-state index in [0.29, 0.717) is 17.9 Å². The lowest BCUT2D eigenvalue weighted by molar-refractivity contribution is 0.152. The summed E-state index contributed by atoms with van der Waals surface area (Å²) in [5.41, 5.74) is 0.801. The number of ether oxygens (including phenoxy) is 1. The maximum absolute atomic E-state index is 6.18. The van der Waals surface area contributed by atoms with Crippen molar-refractivity contribution in [3.05, 3.63) is 58.6 Å². The molecule has 0 bridgehead atoms. The highest BCUT2D eigenvalue weighted by Crippen LogP contribution is 2.39. The van der Waals surface area contributed by atoms with Crippen molar-refractivity contribution in [2.24, 2.45) is 0 Å². The number of hydrogen-bond acceptors (Lipinski definition) is 10. The van der Waals surface area contributed by atoms with Crippen LogP contribution >= 0.6 is 11.3 Å². The molecule has 1 saturated carbocycles. The predicted molar refractivity (Wildman–Crippen MR) is 116 cm³/mol. The number of piperidine rings is 1. The molecule has 4 heterocycles. The fraction of sp³-hybridized carbons (Fsp3) is 0.429. The van der Waals surface area contributed by atoms with Gasteiger partial charge in [0.15, 0.2) is 5.82 Å². The number of thiazole rings is 1. The number of aromatic nitrogens is 7. The third-order valence-corrected chi connectivity index (χ3v) is 6.90. The highest BCUT2D eigenvalue weighted by atomic mass is 32.1. The molecule has 0 radical (unpaired) electrons. The molecule has 2 aliphatic rings. The Morgan fingerprint density at radius 3 is 2.62 bits per heavy atom. The lowest BCUT2D eigenvalue weighted by Crippen LogP contribution is -2.33. The average molecular weight is 451 g/mol. The van der Waals surface area contributed by atoms with Gasteiger partial charge >= 0.3 is 6.01 Å². The van der Waals surface area contributed by atoms with Crippen LogP contribution in [0.5, 0.6) is 5.75 Å². The van der Waals surface area contributed by atoms with Gasteiger partial charge in [-0.25, -0.2) is 4.98 Å². The van der Waals surface area contributed by atoms with Crippen LogP contribution in [0, 0.1) is 0 Å². The van der Waals surface area contributed by atoms with Gasteiger partial charge in [-0.2, -0.15) is 9.67 Å². The molecule has 164 valence electrons. The monoisotopic (exact) mass is 450 g/mol. The standard InChI is InChI=1S/C21H22N8O2S/c1-2-4-16(5-3-1)30-20(29-13-22-26-27-29)17-12-32-19(23-17)15-8-10-28(11-9-15)21-24-18(25-31-21)14-6-7-14/h1-5,12-15,20H,6-11H2. The molecule has 1 aromatic carbocycles. The lowest BCUT2D eigenvalue weighted by Gasteiger charge is -2.29. The molecule has 32 heavy (non-hydrogen) atoms. The summed E-state index contributed by atoms with van der Waals surface area (Å²) in [7, 11) is 0. The van der Waals surface area contributed by atoms with Crippen LogP contribution in [-0.4, -0.2) is 48.4 Å². The molecule has 0 amide bonds. The van der Waals surface area contributed by atoms with Crippen LogP contribution in [0.25, 0.3) is 0 Å². The number of rotatable bonds is 7. The molecule has 10 nitrogen and oxygen atoms in total. The number of anilines is 1. The molecule has 0 spiro atoms. The maximum Gasteiger partial charge on any atom is 0.324 e. The minimum atomic E-state index is -0.517. The van der Waals surface area contributed by atoms with Gasteiger partial charge in [-0.1, -0.05) is 23.4 Å². The normalized spacial score (nSPS) is 18.1. The van der Waals surface area contributed by atoms with Crippen molar-refractivity contribution in [2.45, 2.75) is 43.7 Å². The van der Waals surface area contributed by atoms with E-state index in [1.54, 1.807) is 22.3 Å². The average Bonchev–Trinajstić information content (AvgIpc) is 3.26. The summed E-state index contributed by atoms with van der Waals surface area (Å²) in [6.45, 7) is 1.76. The Kier molecular flexibility index (Phi) is 5.02. The van der Waals surface area contributed by atoms with Crippen LogP contribution in [0.3, 0.4) is 0 Å². The summed E-state index contributed by atoms with van der Waals surface area (Å²) in [6, 6.07) is 10.3. The number of para-hydroxylation sites is 1. The van der Waals surface area contributed by atoms with Gasteiger partial charge in [-0.15, -0.1) is 16.4 Å². The molecule has 4 aromatic rings. The third kappa shape index (κ3) is 3.95. The van der Waals surface area contributed by atoms with E-state index in [2.05, 4.69) is 30.6 Å². The van der Waals surface area contributed by atoms with E-state index in [0.717, 1.165) is 48.2 Å². The molecule has 1 atom stereocenters. The molecule has 2 fully saturated rings. The van der Waals surface area contributed by atoms with Crippen LogP contribution in [0.2, 0.25) is 0 Å². The highest BCUT2D eigenvalue weighted by molar-refractivity contribution is 7.09. The fourth-order valence-corrected chi connectivity index (χ4v) is 4.93. The van der Waals surface area contributed by atoms with E-state index in [9.17, 15) is 0 Å². The SMILES string of the molecule is c1ccc(OC(c2csc(C3CCN(c4nc(C5CC5)no4)CC3)n2)n2cnnn2)cc1. The Hall–Kier alpha value is -3.34. The molecule has 1 aliphatic carbocycles. The van der Waals surface area contributed by atoms with E-state index in [-0.39, 0.29) is 0 Å². The third-order valence-electron chi connectivity index (χ3n) is 5.88. The fourth-order valence-electron chi connectivity index (χ4n) is 3.94. The number of nitrogens with zero attached hydrogens (tertiary/aromatic N) is 8. The van der Waals surface area contributed by atoms with Gasteiger partial charge in [0.1, 0.15) is 17.8 Å². The zero-order chi connectivity index (χ0) is 21.3. The number of benzene rings is 1. The first-order chi connectivity index (χ1) is 15.8. The Morgan fingerprint density at radius 2 is 1.88 bits per heavy atom. The van der Waals surface area contributed by atoms with Crippen molar-refractivity contribution < 1.29 is 9.26 Å². The van der Waals surface area contributed by atoms with Gasteiger partial charge in [-0.05, 0) is 48.2 Å². The first-order valence-electron chi connectivity index (χ1n) is 10.8. The minimum absolute atomic E-state index is 0.391. The first kappa shape index (κ1) is 19.4. The predicted octanol–water partition coefficient (Wildman–Crippen LogP) is 3.40. The molecular weight excluding hydrogens is 428 g/mol. The molecule has 1 saturated heterocycles. The molecule has 0 N–H and O–H groups in total. The Morgan fingerprint density at radius 1 is 1.03 bits per heavy atom. The van der Waals surface area contributed by atoms with Gasteiger partial charge in [0.25, 0.3) is 0 Å². The summed E-state index contributed by atoms with van der Waals surface area (Å²) in [5, 5.41) is 18.9. The molecule has 11 heteroatoms. The van der Waals surface area contributed by atoms with Crippen molar-refractivity contribution in [3.63, 3.8) is 0 Å². The van der Waals surface area contributed by atoms with Crippen LogP contribution < -0.4 is 9.64 Å². The quantitative estimate of drug-likeness (QED) is 0.418. The van der Waals surface area contributed by atoms with E-state index in [1.807, 2.05) is 35.7 Å². The van der Waals surface area contributed by atoms with Gasteiger partial charge in [0.05, 0.1) is 5.01 Å². The summed E-state index contributed by atoms with van der Waals surface area (Å²) >= 11 is 1.66. The molecule has 3 aromatic heterocycles. The van der Waals surface area contributed by atoms with E-state index in [4.69, 9.17) is 14.2 Å². The lowest BCUT2D eigenvalue weighted by atomic mass is 9.98. The zero-order valence-corrected chi connectivity index (χ0v) is 18.1. The van der Waals surface area contributed by atoms with Gasteiger partial charge in [0.2, 0.25) is 6.23 Å². The molecular formula is C21H22N8O2S. The second-order valence-corrected chi connectivity index (χ2v) is 9.04. The Balaban J connectivity index is 1.15. The van der Waals surface area contributed by atoms with Gasteiger partial charge in [-0.3, -0.25) is 0 Å². The Labute approximate surface area is 188 Å². The van der Waals surface area contributed by atoms with Crippen molar-refractivity contribution in [3.8, 4) is 5.75 Å². The van der Waals surface area contributed by atoms with Crippen LogP contribution in [0.4, 0.5) is 6.01 Å². The van der Waals surface area contributed by atoms with E-state index < -0.39 is 6.23 Å². The van der Waals surface area contributed by atoms with Crippen LogP contribution in [0.1, 0.15) is 60.3 Å². The maximum atomic E-state index is 6.18. The number of tetrazole rings is 1. The summed E-state index contributed by atoms with van der Waals surface area (Å²) in [5.74, 6) is 2.49. The van der Waals surface area contributed by atoms with E-state index in [1.165, 1.54) is 12.8 Å². The second kappa shape index (κ2) is 8.30. The topological polar surface area (TPSA) is 108 Å².